The summed E-state index contributed by atoms with van der Waals surface area (Å²) in [4.78, 5) is 12.5. The first-order chi connectivity index (χ1) is 9.29. The number of rotatable bonds is 0. The second kappa shape index (κ2) is 4.59. The summed E-state index contributed by atoms with van der Waals surface area (Å²) in [5.41, 5.74) is 0.669. The van der Waals surface area contributed by atoms with Crippen molar-refractivity contribution < 1.29 is 9.53 Å². The van der Waals surface area contributed by atoms with Crippen LogP contribution in [0, 0.1) is 11.3 Å². The molecule has 2 unspecified atom stereocenters. The van der Waals surface area contributed by atoms with E-state index in [-0.39, 0.29) is 16.8 Å². The highest BCUT2D eigenvalue weighted by molar-refractivity contribution is 9.10. The molecular formula is C17H21BrO2. The third-order valence-corrected chi connectivity index (χ3v) is 4.97. The van der Waals surface area contributed by atoms with Gasteiger partial charge < -0.3 is 4.74 Å². The molecule has 1 spiro atoms. The van der Waals surface area contributed by atoms with Crippen LogP contribution in [0.2, 0.25) is 0 Å². The summed E-state index contributed by atoms with van der Waals surface area (Å²) >= 11 is 3.47. The Balaban J connectivity index is 1.99. The molecule has 2 nitrogen and oxygen atoms in total. The Bertz CT molecular complexity index is 564. The summed E-state index contributed by atoms with van der Waals surface area (Å²) in [6.07, 6.45) is 3.67. The fourth-order valence-corrected chi connectivity index (χ4v) is 4.69. The number of carbonyl (C=O) groups excluding carboxylic acids is 1. The van der Waals surface area contributed by atoms with Crippen LogP contribution in [-0.2, 0) is 0 Å². The maximum atomic E-state index is 12.5. The van der Waals surface area contributed by atoms with Crippen LogP contribution in [0.25, 0.3) is 0 Å². The third kappa shape index (κ3) is 2.52. The number of Topliss-reactive ketones (excluding diaryl/α,β-unsaturated/α-hetero) is 1. The molecule has 0 amide bonds. The summed E-state index contributed by atoms with van der Waals surface area (Å²) in [7, 11) is 0. The van der Waals surface area contributed by atoms with Gasteiger partial charge in [-0.15, -0.1) is 0 Å². The molecular weight excluding hydrogens is 316 g/mol. The van der Waals surface area contributed by atoms with Crippen LogP contribution < -0.4 is 4.74 Å². The third-order valence-electron chi connectivity index (χ3n) is 4.48. The lowest BCUT2D eigenvalue weighted by molar-refractivity contribution is -0.0436. The molecule has 3 heteroatoms. The van der Waals surface area contributed by atoms with E-state index in [2.05, 4.69) is 36.7 Å². The largest absolute Gasteiger partial charge is 0.486 e. The number of hydrogen-bond acceptors (Lipinski definition) is 2. The fraction of sp³-hybridized carbons (Fsp3) is 0.588. The molecule has 1 aromatic rings. The van der Waals surface area contributed by atoms with Crippen molar-refractivity contribution in [1.29, 1.82) is 0 Å². The molecule has 1 aliphatic heterocycles. The Kier molecular flexibility index (Phi) is 3.24. The van der Waals surface area contributed by atoms with Gasteiger partial charge in [0, 0.05) is 4.47 Å². The average molecular weight is 337 g/mol. The molecule has 2 aliphatic rings. The van der Waals surface area contributed by atoms with Gasteiger partial charge in [-0.2, -0.15) is 0 Å². The van der Waals surface area contributed by atoms with Crippen LogP contribution in [-0.4, -0.2) is 11.4 Å². The maximum Gasteiger partial charge on any atom is 0.170 e. The fourth-order valence-electron chi connectivity index (χ4n) is 4.35. The van der Waals surface area contributed by atoms with Gasteiger partial charge in [0.25, 0.3) is 0 Å². The Morgan fingerprint density at radius 3 is 2.75 bits per heavy atom. The molecule has 3 rings (SSSR count). The molecule has 108 valence electrons. The van der Waals surface area contributed by atoms with E-state index in [1.807, 2.05) is 18.2 Å². The molecule has 1 heterocycles. The van der Waals surface area contributed by atoms with Gasteiger partial charge in [0.2, 0.25) is 0 Å². The highest BCUT2D eigenvalue weighted by Gasteiger charge is 2.48. The van der Waals surface area contributed by atoms with E-state index < -0.39 is 0 Å². The molecule has 0 saturated heterocycles. The van der Waals surface area contributed by atoms with Crippen molar-refractivity contribution in [2.45, 2.75) is 52.1 Å². The lowest BCUT2D eigenvalue weighted by atomic mass is 9.63. The Labute approximate surface area is 129 Å². The Morgan fingerprint density at radius 1 is 1.30 bits per heavy atom. The van der Waals surface area contributed by atoms with Crippen molar-refractivity contribution in [1.82, 2.24) is 0 Å². The number of carbonyl (C=O) groups is 1. The first-order valence-corrected chi connectivity index (χ1v) is 8.10. The van der Waals surface area contributed by atoms with E-state index in [0.29, 0.717) is 12.3 Å². The molecule has 0 bridgehead atoms. The van der Waals surface area contributed by atoms with E-state index in [9.17, 15) is 4.79 Å². The minimum Gasteiger partial charge on any atom is -0.486 e. The number of hydrogen-bond donors (Lipinski definition) is 0. The summed E-state index contributed by atoms with van der Waals surface area (Å²) in [6, 6.07) is 5.71. The molecule has 0 radical (unpaired) electrons. The first-order valence-electron chi connectivity index (χ1n) is 7.30. The zero-order valence-corrected chi connectivity index (χ0v) is 13.9. The summed E-state index contributed by atoms with van der Waals surface area (Å²) in [5.74, 6) is 1.57. The molecule has 1 aliphatic carbocycles. The number of ether oxygens (including phenoxy) is 1. The van der Waals surface area contributed by atoms with Crippen molar-refractivity contribution in [2.24, 2.45) is 11.3 Å². The minimum absolute atomic E-state index is 0.226. The van der Waals surface area contributed by atoms with Crippen LogP contribution in [0.15, 0.2) is 22.7 Å². The average Bonchev–Trinajstić information content (AvgIpc) is 2.23. The molecule has 0 aromatic heterocycles. The second-order valence-corrected chi connectivity index (χ2v) is 8.30. The zero-order chi connectivity index (χ0) is 14.5. The predicted molar refractivity (Wildman–Crippen MR) is 83.2 cm³/mol. The van der Waals surface area contributed by atoms with Crippen LogP contribution >= 0.6 is 15.9 Å². The second-order valence-electron chi connectivity index (χ2n) is 7.38. The number of ketones is 1. The molecule has 1 saturated carbocycles. The van der Waals surface area contributed by atoms with E-state index in [1.54, 1.807) is 0 Å². The predicted octanol–water partition coefficient (Wildman–Crippen LogP) is 5.00. The number of fused-ring (bicyclic) bond motifs is 1. The van der Waals surface area contributed by atoms with Gasteiger partial charge in [-0.05, 0) is 48.8 Å². The number of benzene rings is 1. The van der Waals surface area contributed by atoms with Crippen molar-refractivity contribution in [3.05, 3.63) is 28.2 Å². The van der Waals surface area contributed by atoms with Crippen LogP contribution in [0.5, 0.6) is 5.75 Å². The van der Waals surface area contributed by atoms with Crippen molar-refractivity contribution >= 4 is 21.7 Å². The smallest absolute Gasteiger partial charge is 0.170 e. The lowest BCUT2D eigenvalue weighted by Crippen LogP contribution is -2.50. The molecule has 20 heavy (non-hydrogen) atoms. The quantitative estimate of drug-likeness (QED) is 0.666. The van der Waals surface area contributed by atoms with Gasteiger partial charge in [-0.25, -0.2) is 0 Å². The van der Waals surface area contributed by atoms with Crippen molar-refractivity contribution in [3.8, 4) is 5.75 Å². The van der Waals surface area contributed by atoms with E-state index in [1.165, 1.54) is 6.42 Å². The highest BCUT2D eigenvalue weighted by Crippen LogP contribution is 2.50. The monoisotopic (exact) mass is 336 g/mol. The molecule has 0 N–H and O–H groups in total. The Morgan fingerprint density at radius 2 is 2.05 bits per heavy atom. The summed E-state index contributed by atoms with van der Waals surface area (Å²) < 4.78 is 7.33. The molecule has 2 atom stereocenters. The topological polar surface area (TPSA) is 26.3 Å². The molecule has 1 fully saturated rings. The SMILES string of the molecule is CC1CC(C)(C)CC2(CC(=O)c3ccc(Br)cc3O2)C1. The van der Waals surface area contributed by atoms with Crippen molar-refractivity contribution in [3.63, 3.8) is 0 Å². The van der Waals surface area contributed by atoms with Crippen LogP contribution in [0.3, 0.4) is 0 Å². The van der Waals surface area contributed by atoms with Gasteiger partial charge >= 0.3 is 0 Å². The van der Waals surface area contributed by atoms with Crippen LogP contribution in [0.1, 0.15) is 56.8 Å². The lowest BCUT2D eigenvalue weighted by Gasteiger charge is -2.49. The molecule has 1 aromatic carbocycles. The van der Waals surface area contributed by atoms with Gasteiger partial charge in [-0.3, -0.25) is 4.79 Å². The Hall–Kier alpha value is -0.830. The summed E-state index contributed by atoms with van der Waals surface area (Å²) in [6.45, 7) is 6.84. The van der Waals surface area contributed by atoms with Crippen LogP contribution in [0.4, 0.5) is 0 Å². The minimum atomic E-state index is -0.300. The normalized spacial score (nSPS) is 31.8. The summed E-state index contributed by atoms with van der Waals surface area (Å²) in [5, 5.41) is 0. The van der Waals surface area contributed by atoms with Gasteiger partial charge in [0.1, 0.15) is 11.4 Å². The maximum absolute atomic E-state index is 12.5. The van der Waals surface area contributed by atoms with Gasteiger partial charge in [0.15, 0.2) is 5.78 Å². The highest BCUT2D eigenvalue weighted by atomic mass is 79.9. The zero-order valence-electron chi connectivity index (χ0n) is 12.3. The van der Waals surface area contributed by atoms with Gasteiger partial charge in [0.05, 0.1) is 12.0 Å². The van der Waals surface area contributed by atoms with Crippen molar-refractivity contribution in [2.75, 3.05) is 0 Å². The van der Waals surface area contributed by atoms with E-state index in [4.69, 9.17) is 4.74 Å². The number of halogens is 1. The standard InChI is InChI=1S/C17H21BrO2/c1-11-7-16(2,3)10-17(8-11)9-14(19)13-5-4-12(18)6-15(13)20-17/h4-6,11H,7-10H2,1-3H3. The van der Waals surface area contributed by atoms with Gasteiger partial charge in [-0.1, -0.05) is 36.7 Å². The van der Waals surface area contributed by atoms with E-state index >= 15 is 0 Å². The first kappa shape index (κ1) is 14.1. The van der Waals surface area contributed by atoms with E-state index in [0.717, 1.165) is 28.6 Å².